The Morgan fingerprint density at radius 3 is 2.40 bits per heavy atom. The molecular weight excluding hydrogens is 248 g/mol. The smallest absolute Gasteiger partial charge is 0.135 e. The average molecular weight is 270 g/mol. The molecular formula is C16H22N4. The summed E-state index contributed by atoms with van der Waals surface area (Å²) in [4.78, 5) is 8.54. The van der Waals surface area contributed by atoms with Crippen LogP contribution in [0.25, 0.3) is 0 Å². The molecule has 4 nitrogen and oxygen atoms in total. The van der Waals surface area contributed by atoms with Crippen molar-refractivity contribution in [1.82, 2.24) is 9.97 Å². The van der Waals surface area contributed by atoms with Crippen molar-refractivity contribution < 1.29 is 0 Å². The second kappa shape index (κ2) is 6.37. The van der Waals surface area contributed by atoms with Crippen LogP contribution in [-0.4, -0.2) is 16.0 Å². The molecule has 20 heavy (non-hydrogen) atoms. The Balaban J connectivity index is 2.20. The SMILES string of the molecule is CCC(C)Nc1cc(Nc2c(C)cccc2C)ncn1. The number of nitrogens with zero attached hydrogens (tertiary/aromatic N) is 2. The van der Waals surface area contributed by atoms with Gasteiger partial charge in [0.15, 0.2) is 0 Å². The molecule has 0 radical (unpaired) electrons. The van der Waals surface area contributed by atoms with E-state index in [1.165, 1.54) is 11.1 Å². The predicted molar refractivity (Wildman–Crippen MR) is 84.6 cm³/mol. The quantitative estimate of drug-likeness (QED) is 0.860. The van der Waals surface area contributed by atoms with Crippen molar-refractivity contribution >= 4 is 17.3 Å². The molecule has 0 fully saturated rings. The summed E-state index contributed by atoms with van der Waals surface area (Å²) in [6.45, 7) is 8.47. The first-order valence-corrected chi connectivity index (χ1v) is 7.02. The van der Waals surface area contributed by atoms with E-state index in [4.69, 9.17) is 0 Å². The van der Waals surface area contributed by atoms with Crippen LogP contribution in [0.1, 0.15) is 31.4 Å². The van der Waals surface area contributed by atoms with Crippen LogP contribution in [0.15, 0.2) is 30.6 Å². The Morgan fingerprint density at radius 2 is 1.75 bits per heavy atom. The Bertz CT molecular complexity index is 560. The lowest BCUT2D eigenvalue weighted by Crippen LogP contribution is -2.14. The molecule has 1 unspecified atom stereocenters. The molecule has 4 heteroatoms. The highest BCUT2D eigenvalue weighted by atomic mass is 15.1. The summed E-state index contributed by atoms with van der Waals surface area (Å²) in [6.07, 6.45) is 2.64. The molecule has 1 heterocycles. The summed E-state index contributed by atoms with van der Waals surface area (Å²) in [6, 6.07) is 8.59. The molecule has 1 aromatic carbocycles. The normalized spacial score (nSPS) is 12.0. The second-order valence-corrected chi connectivity index (χ2v) is 5.13. The Morgan fingerprint density at radius 1 is 1.10 bits per heavy atom. The number of para-hydroxylation sites is 1. The van der Waals surface area contributed by atoms with Gasteiger partial charge in [0.2, 0.25) is 0 Å². The fourth-order valence-electron chi connectivity index (χ4n) is 2.00. The van der Waals surface area contributed by atoms with E-state index in [-0.39, 0.29) is 0 Å². The van der Waals surface area contributed by atoms with Gasteiger partial charge in [0.1, 0.15) is 18.0 Å². The predicted octanol–water partition coefficient (Wildman–Crippen LogP) is 4.05. The van der Waals surface area contributed by atoms with Gasteiger partial charge >= 0.3 is 0 Å². The monoisotopic (exact) mass is 270 g/mol. The molecule has 0 bridgehead atoms. The maximum absolute atomic E-state index is 4.29. The summed E-state index contributed by atoms with van der Waals surface area (Å²) in [5, 5.41) is 6.74. The fourth-order valence-corrected chi connectivity index (χ4v) is 2.00. The third-order valence-electron chi connectivity index (χ3n) is 3.41. The minimum atomic E-state index is 0.401. The molecule has 1 atom stereocenters. The van der Waals surface area contributed by atoms with Crippen LogP contribution >= 0.6 is 0 Å². The zero-order chi connectivity index (χ0) is 14.5. The van der Waals surface area contributed by atoms with Crippen molar-refractivity contribution in [3.8, 4) is 0 Å². The number of rotatable bonds is 5. The maximum atomic E-state index is 4.29. The third-order valence-corrected chi connectivity index (χ3v) is 3.41. The van der Waals surface area contributed by atoms with Gasteiger partial charge in [-0.2, -0.15) is 0 Å². The topological polar surface area (TPSA) is 49.8 Å². The van der Waals surface area contributed by atoms with Gasteiger partial charge < -0.3 is 10.6 Å². The van der Waals surface area contributed by atoms with E-state index < -0.39 is 0 Å². The van der Waals surface area contributed by atoms with E-state index in [0.717, 1.165) is 23.7 Å². The van der Waals surface area contributed by atoms with Crippen LogP contribution in [0, 0.1) is 13.8 Å². The minimum Gasteiger partial charge on any atom is -0.367 e. The van der Waals surface area contributed by atoms with Crippen molar-refractivity contribution in [3.63, 3.8) is 0 Å². The van der Waals surface area contributed by atoms with Gasteiger partial charge in [-0.15, -0.1) is 0 Å². The summed E-state index contributed by atoms with van der Waals surface area (Å²) in [5.74, 6) is 1.66. The summed E-state index contributed by atoms with van der Waals surface area (Å²) in [7, 11) is 0. The molecule has 1 aromatic heterocycles. The molecule has 2 N–H and O–H groups in total. The van der Waals surface area contributed by atoms with Crippen molar-refractivity contribution in [1.29, 1.82) is 0 Å². The zero-order valence-electron chi connectivity index (χ0n) is 12.6. The molecule has 0 aliphatic carbocycles. The maximum Gasteiger partial charge on any atom is 0.135 e. The van der Waals surface area contributed by atoms with Gasteiger partial charge in [-0.05, 0) is 38.3 Å². The lowest BCUT2D eigenvalue weighted by Gasteiger charge is -2.14. The molecule has 0 saturated carbocycles. The number of aryl methyl sites for hydroxylation is 2. The number of nitrogens with one attached hydrogen (secondary N) is 2. The van der Waals surface area contributed by atoms with E-state index >= 15 is 0 Å². The highest BCUT2D eigenvalue weighted by Gasteiger charge is 2.05. The third kappa shape index (κ3) is 3.47. The molecule has 0 amide bonds. The van der Waals surface area contributed by atoms with Gasteiger partial charge in [-0.3, -0.25) is 0 Å². The standard InChI is InChI=1S/C16H22N4/c1-5-13(4)19-14-9-15(18-10-17-14)20-16-11(2)7-6-8-12(16)3/h6-10,13H,5H2,1-4H3,(H2,17,18,19,20). The fraction of sp³-hybridized carbons (Fsp3) is 0.375. The molecule has 2 rings (SSSR count). The van der Waals surface area contributed by atoms with Crippen LogP contribution in [0.4, 0.5) is 17.3 Å². The second-order valence-electron chi connectivity index (χ2n) is 5.13. The van der Waals surface area contributed by atoms with Crippen molar-refractivity contribution in [2.45, 2.75) is 40.2 Å². The van der Waals surface area contributed by atoms with Gasteiger partial charge in [0.25, 0.3) is 0 Å². The summed E-state index contributed by atoms with van der Waals surface area (Å²) in [5.41, 5.74) is 3.53. The van der Waals surface area contributed by atoms with E-state index in [9.17, 15) is 0 Å². The van der Waals surface area contributed by atoms with E-state index in [1.807, 2.05) is 6.07 Å². The van der Waals surface area contributed by atoms with Gasteiger partial charge in [0.05, 0.1) is 0 Å². The lowest BCUT2D eigenvalue weighted by atomic mass is 10.1. The number of anilines is 3. The van der Waals surface area contributed by atoms with Crippen LogP contribution < -0.4 is 10.6 Å². The summed E-state index contributed by atoms with van der Waals surface area (Å²) >= 11 is 0. The molecule has 2 aromatic rings. The van der Waals surface area contributed by atoms with Crippen molar-refractivity contribution in [2.75, 3.05) is 10.6 Å². The minimum absolute atomic E-state index is 0.401. The Kier molecular flexibility index (Phi) is 4.56. The van der Waals surface area contributed by atoms with Crippen molar-refractivity contribution in [2.24, 2.45) is 0 Å². The van der Waals surface area contributed by atoms with Gasteiger partial charge in [0, 0.05) is 17.8 Å². The Hall–Kier alpha value is -2.10. The van der Waals surface area contributed by atoms with Crippen LogP contribution in [-0.2, 0) is 0 Å². The van der Waals surface area contributed by atoms with Gasteiger partial charge in [-0.1, -0.05) is 25.1 Å². The molecule has 0 aliphatic heterocycles. The number of hydrogen-bond acceptors (Lipinski definition) is 4. The number of aromatic nitrogens is 2. The number of benzene rings is 1. The Labute approximate surface area is 120 Å². The van der Waals surface area contributed by atoms with E-state index in [1.54, 1.807) is 6.33 Å². The van der Waals surface area contributed by atoms with Crippen LogP contribution in [0.2, 0.25) is 0 Å². The number of hydrogen-bond donors (Lipinski definition) is 2. The first-order valence-electron chi connectivity index (χ1n) is 7.02. The first kappa shape index (κ1) is 14.3. The highest BCUT2D eigenvalue weighted by Crippen LogP contribution is 2.23. The lowest BCUT2D eigenvalue weighted by molar-refractivity contribution is 0.758. The average Bonchev–Trinajstić information content (AvgIpc) is 2.43. The largest absolute Gasteiger partial charge is 0.367 e. The molecule has 0 spiro atoms. The van der Waals surface area contributed by atoms with Crippen LogP contribution in [0.5, 0.6) is 0 Å². The molecule has 0 saturated heterocycles. The first-order chi connectivity index (χ1) is 9.60. The summed E-state index contributed by atoms with van der Waals surface area (Å²) < 4.78 is 0. The molecule has 0 aliphatic rings. The van der Waals surface area contributed by atoms with Crippen LogP contribution in [0.3, 0.4) is 0 Å². The zero-order valence-corrected chi connectivity index (χ0v) is 12.6. The van der Waals surface area contributed by atoms with Gasteiger partial charge in [-0.25, -0.2) is 9.97 Å². The van der Waals surface area contributed by atoms with E-state index in [0.29, 0.717) is 6.04 Å². The van der Waals surface area contributed by atoms with Crippen molar-refractivity contribution in [3.05, 3.63) is 41.7 Å². The van der Waals surface area contributed by atoms with E-state index in [2.05, 4.69) is 66.5 Å². The molecule has 106 valence electrons. The highest BCUT2D eigenvalue weighted by molar-refractivity contribution is 5.65.